The molecule has 0 aromatic heterocycles. The number of carbonyl (C=O) groups is 2. The number of carbonyl (C=O) groups excluding carboxylic acids is 2. The molecule has 0 saturated heterocycles. The Balaban J connectivity index is 2.39. The Bertz CT molecular complexity index is 280. The molecule has 0 aliphatic heterocycles. The van der Waals surface area contributed by atoms with Crippen molar-refractivity contribution in [2.45, 2.75) is 37.4 Å². The van der Waals surface area contributed by atoms with E-state index < -0.39 is 5.41 Å². The molecule has 0 amide bonds. The third-order valence-electron chi connectivity index (χ3n) is 2.96. The first kappa shape index (κ1) is 14.2. The summed E-state index contributed by atoms with van der Waals surface area (Å²) in [5.74, 6) is -0.0627. The number of hydrogen-bond donors (Lipinski definition) is 0. The van der Waals surface area contributed by atoms with Gasteiger partial charge in [-0.3, -0.25) is 9.59 Å². The van der Waals surface area contributed by atoms with E-state index in [1.54, 1.807) is 0 Å². The normalized spacial score (nSPS) is 26.8. The highest BCUT2D eigenvalue weighted by molar-refractivity contribution is 9.10. The molecule has 1 fully saturated rings. The van der Waals surface area contributed by atoms with E-state index in [1.807, 2.05) is 6.92 Å². The quantitative estimate of drug-likeness (QED) is 0.562. The van der Waals surface area contributed by atoms with Gasteiger partial charge in [-0.2, -0.15) is 0 Å². The summed E-state index contributed by atoms with van der Waals surface area (Å²) in [5.41, 5.74) is -0.448. The zero-order chi connectivity index (χ0) is 12.2. The molecule has 0 radical (unpaired) electrons. The summed E-state index contributed by atoms with van der Waals surface area (Å²) in [6, 6.07) is 0. The molecule has 2 unspecified atom stereocenters. The smallest absolute Gasteiger partial charge is 0.319 e. The van der Waals surface area contributed by atoms with Crippen LogP contribution in [0.15, 0.2) is 0 Å². The maximum absolute atomic E-state index is 11.6. The van der Waals surface area contributed by atoms with Gasteiger partial charge in [0.25, 0.3) is 0 Å². The van der Waals surface area contributed by atoms with Gasteiger partial charge >= 0.3 is 5.97 Å². The molecule has 92 valence electrons. The number of hydrogen-bond acceptors (Lipinski definition) is 3. The predicted octanol–water partition coefficient (Wildman–Crippen LogP) is 2.84. The van der Waals surface area contributed by atoms with Gasteiger partial charge in [0.05, 0.1) is 5.41 Å². The fraction of sp³-hybridized carbons (Fsp3) is 0.818. The van der Waals surface area contributed by atoms with Crippen LogP contribution in [0.25, 0.3) is 0 Å². The third kappa shape index (κ3) is 3.55. The lowest BCUT2D eigenvalue weighted by Gasteiger charge is -2.22. The summed E-state index contributed by atoms with van der Waals surface area (Å²) in [7, 11) is 0. The van der Waals surface area contributed by atoms with Crippen LogP contribution in [0, 0.1) is 5.41 Å². The molecule has 1 saturated carbocycles. The Hall–Kier alpha value is 0.1000. The highest BCUT2D eigenvalue weighted by Crippen LogP contribution is 2.34. The van der Waals surface area contributed by atoms with Crippen LogP contribution in [0.4, 0.5) is 0 Å². The van der Waals surface area contributed by atoms with E-state index in [2.05, 4.69) is 31.9 Å². The second kappa shape index (κ2) is 6.15. The number of Topliss-reactive ketones (excluding diaryl/α,β-unsaturated/α-hetero) is 1. The minimum absolute atomic E-state index is 0.215. The van der Waals surface area contributed by atoms with Crippen LogP contribution in [0.1, 0.15) is 32.6 Å². The van der Waals surface area contributed by atoms with Crippen LogP contribution < -0.4 is 0 Å². The van der Waals surface area contributed by atoms with E-state index in [0.717, 1.165) is 18.2 Å². The van der Waals surface area contributed by atoms with Crippen molar-refractivity contribution in [3.05, 3.63) is 0 Å². The second-order valence-electron chi connectivity index (χ2n) is 4.39. The molecule has 0 heterocycles. The lowest BCUT2D eigenvalue weighted by Crippen LogP contribution is -2.31. The van der Waals surface area contributed by atoms with Gasteiger partial charge in [-0.05, 0) is 26.2 Å². The van der Waals surface area contributed by atoms with Gasteiger partial charge in [-0.25, -0.2) is 0 Å². The van der Waals surface area contributed by atoms with Crippen molar-refractivity contribution in [3.8, 4) is 0 Å². The average molecular weight is 356 g/mol. The molecule has 0 spiro atoms. The van der Waals surface area contributed by atoms with E-state index in [4.69, 9.17) is 4.74 Å². The Labute approximate surface area is 113 Å². The molecule has 0 aromatic carbocycles. The SMILES string of the molecule is CC1(COC(=O)C(Br)CCBr)CCCC1=O. The van der Waals surface area contributed by atoms with Crippen molar-refractivity contribution in [2.24, 2.45) is 5.41 Å². The van der Waals surface area contributed by atoms with Gasteiger partial charge in [0.1, 0.15) is 17.2 Å². The Morgan fingerprint density at radius 1 is 1.62 bits per heavy atom. The number of alkyl halides is 2. The Morgan fingerprint density at radius 2 is 2.31 bits per heavy atom. The molecular formula is C11H16Br2O3. The van der Waals surface area contributed by atoms with E-state index in [0.29, 0.717) is 12.8 Å². The van der Waals surface area contributed by atoms with Gasteiger partial charge in [-0.15, -0.1) is 0 Å². The van der Waals surface area contributed by atoms with Crippen LogP contribution in [-0.2, 0) is 14.3 Å². The molecule has 2 atom stereocenters. The van der Waals surface area contributed by atoms with E-state index in [-0.39, 0.29) is 23.2 Å². The van der Waals surface area contributed by atoms with Crippen LogP contribution in [-0.4, -0.2) is 28.5 Å². The Morgan fingerprint density at radius 3 is 2.81 bits per heavy atom. The van der Waals surface area contributed by atoms with Gasteiger partial charge in [-0.1, -0.05) is 31.9 Å². The van der Waals surface area contributed by atoms with Crippen LogP contribution in [0.5, 0.6) is 0 Å². The largest absolute Gasteiger partial charge is 0.464 e. The fourth-order valence-electron chi connectivity index (χ4n) is 1.77. The van der Waals surface area contributed by atoms with Crippen molar-refractivity contribution in [3.63, 3.8) is 0 Å². The van der Waals surface area contributed by atoms with Gasteiger partial charge in [0.2, 0.25) is 0 Å². The highest BCUT2D eigenvalue weighted by Gasteiger charge is 2.38. The molecule has 1 aliphatic rings. The number of esters is 1. The third-order valence-corrected chi connectivity index (χ3v) is 4.25. The molecule has 0 aromatic rings. The molecule has 0 bridgehead atoms. The van der Waals surface area contributed by atoms with Gasteiger partial charge in [0, 0.05) is 11.8 Å². The lowest BCUT2D eigenvalue weighted by molar-refractivity contribution is -0.148. The summed E-state index contributed by atoms with van der Waals surface area (Å²) in [6.45, 7) is 2.10. The van der Waals surface area contributed by atoms with Crippen molar-refractivity contribution in [1.29, 1.82) is 0 Å². The minimum Gasteiger partial charge on any atom is -0.464 e. The molecule has 1 rings (SSSR count). The minimum atomic E-state index is -0.448. The first-order valence-corrected chi connectivity index (χ1v) is 7.43. The zero-order valence-electron chi connectivity index (χ0n) is 9.30. The highest BCUT2D eigenvalue weighted by atomic mass is 79.9. The Kier molecular flexibility index (Phi) is 5.44. The van der Waals surface area contributed by atoms with Crippen LogP contribution in [0.2, 0.25) is 0 Å². The monoisotopic (exact) mass is 354 g/mol. The number of halogens is 2. The summed E-state index contributed by atoms with van der Waals surface area (Å²) in [6.07, 6.45) is 3.03. The number of rotatable bonds is 5. The molecular weight excluding hydrogens is 340 g/mol. The standard InChI is InChI=1S/C11H16Br2O3/c1-11(5-2-3-9(11)14)7-16-10(15)8(13)4-6-12/h8H,2-7H2,1H3. The zero-order valence-corrected chi connectivity index (χ0v) is 12.5. The topological polar surface area (TPSA) is 43.4 Å². The molecule has 0 N–H and O–H groups in total. The van der Waals surface area contributed by atoms with Crippen molar-refractivity contribution in [2.75, 3.05) is 11.9 Å². The molecule has 16 heavy (non-hydrogen) atoms. The first-order valence-electron chi connectivity index (χ1n) is 5.39. The van der Waals surface area contributed by atoms with Crippen molar-refractivity contribution >= 4 is 43.6 Å². The van der Waals surface area contributed by atoms with Crippen molar-refractivity contribution < 1.29 is 14.3 Å². The lowest BCUT2D eigenvalue weighted by atomic mass is 9.89. The maximum atomic E-state index is 11.6. The van der Waals surface area contributed by atoms with Crippen LogP contribution >= 0.6 is 31.9 Å². The van der Waals surface area contributed by atoms with Crippen molar-refractivity contribution in [1.82, 2.24) is 0 Å². The summed E-state index contributed by atoms with van der Waals surface area (Å²) in [4.78, 5) is 22.8. The summed E-state index contributed by atoms with van der Waals surface area (Å²) in [5, 5.41) is 0.744. The molecule has 5 heteroatoms. The molecule has 3 nitrogen and oxygen atoms in total. The van der Waals surface area contributed by atoms with Crippen LogP contribution in [0.3, 0.4) is 0 Å². The predicted molar refractivity (Wildman–Crippen MR) is 69.1 cm³/mol. The van der Waals surface area contributed by atoms with E-state index in [9.17, 15) is 9.59 Å². The number of ketones is 1. The van der Waals surface area contributed by atoms with E-state index in [1.165, 1.54) is 0 Å². The first-order chi connectivity index (χ1) is 7.49. The van der Waals surface area contributed by atoms with E-state index >= 15 is 0 Å². The van der Waals surface area contributed by atoms with Gasteiger partial charge in [0.15, 0.2) is 0 Å². The molecule has 1 aliphatic carbocycles. The summed E-state index contributed by atoms with van der Waals surface area (Å²) < 4.78 is 5.19. The van der Waals surface area contributed by atoms with Gasteiger partial charge < -0.3 is 4.74 Å². The maximum Gasteiger partial charge on any atom is 0.319 e. The second-order valence-corrected chi connectivity index (χ2v) is 6.29. The fourth-order valence-corrected chi connectivity index (χ4v) is 3.20. The average Bonchev–Trinajstić information content (AvgIpc) is 2.57. The summed E-state index contributed by atoms with van der Waals surface area (Å²) >= 11 is 6.52. The number of ether oxygens (including phenoxy) is 1.